The lowest BCUT2D eigenvalue weighted by molar-refractivity contribution is -0.120. The molecule has 0 aliphatic heterocycles. The maximum absolute atomic E-state index is 11.8. The van der Waals surface area contributed by atoms with Crippen LogP contribution in [0.15, 0.2) is 24.5 Å². The Morgan fingerprint density at radius 1 is 1.50 bits per heavy atom. The molecule has 1 amide bonds. The lowest BCUT2D eigenvalue weighted by Crippen LogP contribution is -2.28. The summed E-state index contributed by atoms with van der Waals surface area (Å²) in [5.41, 5.74) is 1.95. The number of rotatable bonds is 4. The van der Waals surface area contributed by atoms with Gasteiger partial charge in [0.1, 0.15) is 5.65 Å². The molecule has 96 valence electrons. The van der Waals surface area contributed by atoms with Gasteiger partial charge in [-0.3, -0.25) is 4.79 Å². The van der Waals surface area contributed by atoms with Gasteiger partial charge in [-0.05, 0) is 23.6 Å². The summed E-state index contributed by atoms with van der Waals surface area (Å²) in [6.07, 6.45) is 4.16. The molecular formula is C14H19N3O. The third-order valence-corrected chi connectivity index (χ3v) is 2.87. The zero-order valence-corrected chi connectivity index (χ0v) is 11.1. The summed E-state index contributed by atoms with van der Waals surface area (Å²) in [6, 6.07) is 3.91. The number of pyridine rings is 1. The van der Waals surface area contributed by atoms with Crippen LogP contribution in [0.4, 0.5) is 0 Å². The van der Waals surface area contributed by atoms with Crippen molar-refractivity contribution in [3.05, 3.63) is 30.1 Å². The van der Waals surface area contributed by atoms with E-state index in [0.29, 0.717) is 12.3 Å². The zero-order valence-electron chi connectivity index (χ0n) is 11.1. The maximum atomic E-state index is 11.8. The zero-order chi connectivity index (χ0) is 13.1. The molecule has 1 N–H and O–H groups in total. The highest BCUT2D eigenvalue weighted by molar-refractivity contribution is 5.87. The van der Waals surface area contributed by atoms with Gasteiger partial charge in [0.15, 0.2) is 0 Å². The second-order valence-electron chi connectivity index (χ2n) is 5.01. The third kappa shape index (κ3) is 2.70. The van der Waals surface area contributed by atoms with E-state index in [-0.39, 0.29) is 5.91 Å². The highest BCUT2D eigenvalue weighted by Crippen LogP contribution is 2.18. The molecule has 0 fully saturated rings. The Morgan fingerprint density at radius 3 is 3.00 bits per heavy atom. The Labute approximate surface area is 107 Å². The minimum Gasteiger partial charge on any atom is -0.356 e. The number of fused-ring (bicyclic) bond motifs is 1. The summed E-state index contributed by atoms with van der Waals surface area (Å²) < 4.78 is 1.96. The van der Waals surface area contributed by atoms with Gasteiger partial charge in [-0.1, -0.05) is 13.8 Å². The number of nitrogens with zero attached hydrogens (tertiary/aromatic N) is 2. The van der Waals surface area contributed by atoms with Gasteiger partial charge in [0.25, 0.3) is 0 Å². The SMILES string of the molecule is CC(C)CNC(=O)Cc1cn(C)c2ncccc12. The van der Waals surface area contributed by atoms with Crippen molar-refractivity contribution in [2.45, 2.75) is 20.3 Å². The molecule has 0 unspecified atom stereocenters. The molecule has 0 spiro atoms. The number of aromatic nitrogens is 2. The fourth-order valence-electron chi connectivity index (χ4n) is 1.99. The topological polar surface area (TPSA) is 46.9 Å². The molecule has 0 saturated heterocycles. The third-order valence-electron chi connectivity index (χ3n) is 2.87. The van der Waals surface area contributed by atoms with Gasteiger partial charge < -0.3 is 9.88 Å². The minimum atomic E-state index is 0.0695. The van der Waals surface area contributed by atoms with E-state index in [1.165, 1.54) is 0 Å². The van der Waals surface area contributed by atoms with E-state index >= 15 is 0 Å². The van der Waals surface area contributed by atoms with Gasteiger partial charge in [0.2, 0.25) is 5.91 Å². The fourth-order valence-corrected chi connectivity index (χ4v) is 1.99. The highest BCUT2D eigenvalue weighted by Gasteiger charge is 2.11. The van der Waals surface area contributed by atoms with Crippen molar-refractivity contribution in [2.75, 3.05) is 6.54 Å². The van der Waals surface area contributed by atoms with Crippen LogP contribution in [-0.2, 0) is 18.3 Å². The van der Waals surface area contributed by atoms with Gasteiger partial charge >= 0.3 is 0 Å². The van der Waals surface area contributed by atoms with Crippen LogP contribution in [0.5, 0.6) is 0 Å². The van der Waals surface area contributed by atoms with E-state index in [2.05, 4.69) is 24.1 Å². The monoisotopic (exact) mass is 245 g/mol. The van der Waals surface area contributed by atoms with Crippen molar-refractivity contribution < 1.29 is 4.79 Å². The van der Waals surface area contributed by atoms with Crippen molar-refractivity contribution in [1.82, 2.24) is 14.9 Å². The molecule has 2 heterocycles. The van der Waals surface area contributed by atoms with Crippen LogP contribution in [0.25, 0.3) is 11.0 Å². The Balaban J connectivity index is 2.14. The molecule has 4 heteroatoms. The molecule has 2 aromatic heterocycles. The lowest BCUT2D eigenvalue weighted by atomic mass is 10.1. The summed E-state index contributed by atoms with van der Waals surface area (Å²) in [6.45, 7) is 4.89. The quantitative estimate of drug-likeness (QED) is 0.894. The molecule has 4 nitrogen and oxygen atoms in total. The van der Waals surface area contributed by atoms with Gasteiger partial charge in [0, 0.05) is 31.4 Å². The van der Waals surface area contributed by atoms with Crippen LogP contribution in [-0.4, -0.2) is 22.0 Å². The van der Waals surface area contributed by atoms with Gasteiger partial charge in [-0.2, -0.15) is 0 Å². The summed E-state index contributed by atoms with van der Waals surface area (Å²) in [5, 5.41) is 3.99. The van der Waals surface area contributed by atoms with Crippen LogP contribution >= 0.6 is 0 Å². The van der Waals surface area contributed by atoms with E-state index in [1.807, 2.05) is 29.9 Å². The van der Waals surface area contributed by atoms with Crippen LogP contribution in [0.2, 0.25) is 0 Å². The van der Waals surface area contributed by atoms with Crippen molar-refractivity contribution >= 4 is 16.9 Å². The normalized spacial score (nSPS) is 11.1. The predicted molar refractivity (Wildman–Crippen MR) is 72.3 cm³/mol. The van der Waals surface area contributed by atoms with Crippen molar-refractivity contribution in [2.24, 2.45) is 13.0 Å². The first-order valence-corrected chi connectivity index (χ1v) is 6.23. The molecule has 2 aromatic rings. The number of carbonyl (C=O) groups excluding carboxylic acids is 1. The van der Waals surface area contributed by atoms with Crippen molar-refractivity contribution in [3.8, 4) is 0 Å². The lowest BCUT2D eigenvalue weighted by Gasteiger charge is -2.06. The Bertz CT molecular complexity index is 557. The first kappa shape index (κ1) is 12.6. The van der Waals surface area contributed by atoms with Crippen molar-refractivity contribution in [1.29, 1.82) is 0 Å². The molecule has 0 aliphatic rings. The largest absolute Gasteiger partial charge is 0.356 e. The first-order valence-electron chi connectivity index (χ1n) is 6.23. The molecule has 2 rings (SSSR count). The predicted octanol–water partition coefficient (Wildman–Crippen LogP) is 1.89. The summed E-state index contributed by atoms with van der Waals surface area (Å²) in [4.78, 5) is 16.1. The van der Waals surface area contributed by atoms with Gasteiger partial charge in [-0.15, -0.1) is 0 Å². The van der Waals surface area contributed by atoms with Crippen molar-refractivity contribution in [3.63, 3.8) is 0 Å². The first-order chi connectivity index (χ1) is 8.58. The number of carbonyl (C=O) groups is 1. The maximum Gasteiger partial charge on any atom is 0.224 e. The molecule has 0 bridgehead atoms. The average Bonchev–Trinajstić information content (AvgIpc) is 2.65. The molecular weight excluding hydrogens is 226 g/mol. The molecule has 0 aliphatic carbocycles. The minimum absolute atomic E-state index is 0.0695. The van der Waals surface area contributed by atoms with Crippen LogP contribution < -0.4 is 5.32 Å². The van der Waals surface area contributed by atoms with E-state index in [9.17, 15) is 4.79 Å². The smallest absolute Gasteiger partial charge is 0.224 e. The van der Waals surface area contributed by atoms with Crippen LogP contribution in [0.1, 0.15) is 19.4 Å². The summed E-state index contributed by atoms with van der Waals surface area (Å²) in [5.74, 6) is 0.545. The number of hydrogen-bond donors (Lipinski definition) is 1. The molecule has 0 saturated carbocycles. The fraction of sp³-hybridized carbons (Fsp3) is 0.429. The number of hydrogen-bond acceptors (Lipinski definition) is 2. The number of aryl methyl sites for hydroxylation is 1. The molecule has 0 atom stereocenters. The van der Waals surface area contributed by atoms with Gasteiger partial charge in [0.05, 0.1) is 6.42 Å². The average molecular weight is 245 g/mol. The standard InChI is InChI=1S/C14H19N3O/c1-10(2)8-16-13(18)7-11-9-17(3)14-12(11)5-4-6-15-14/h4-6,9-10H,7-8H2,1-3H3,(H,16,18). The van der Waals surface area contributed by atoms with E-state index in [4.69, 9.17) is 0 Å². The number of nitrogens with one attached hydrogen (secondary N) is 1. The highest BCUT2D eigenvalue weighted by atomic mass is 16.1. The van der Waals surface area contributed by atoms with E-state index < -0.39 is 0 Å². The molecule has 18 heavy (non-hydrogen) atoms. The Kier molecular flexibility index (Phi) is 3.65. The Hall–Kier alpha value is -1.84. The second kappa shape index (κ2) is 5.21. The number of amides is 1. The van der Waals surface area contributed by atoms with E-state index in [1.54, 1.807) is 6.20 Å². The van der Waals surface area contributed by atoms with Crippen LogP contribution in [0, 0.1) is 5.92 Å². The Morgan fingerprint density at radius 2 is 2.28 bits per heavy atom. The summed E-state index contributed by atoms with van der Waals surface area (Å²) >= 11 is 0. The van der Waals surface area contributed by atoms with Crippen LogP contribution in [0.3, 0.4) is 0 Å². The molecule has 0 radical (unpaired) electrons. The van der Waals surface area contributed by atoms with Gasteiger partial charge in [-0.25, -0.2) is 4.98 Å². The summed E-state index contributed by atoms with van der Waals surface area (Å²) in [7, 11) is 1.95. The molecule has 0 aromatic carbocycles. The van der Waals surface area contributed by atoms with E-state index in [0.717, 1.165) is 23.1 Å². The second-order valence-corrected chi connectivity index (χ2v) is 5.01.